The molecule has 0 saturated carbocycles. The molecule has 1 heterocycles. The maximum Gasteiger partial charge on any atom is 0.389 e. The summed E-state index contributed by atoms with van der Waals surface area (Å²) in [5.41, 5.74) is 0.357. The summed E-state index contributed by atoms with van der Waals surface area (Å²) in [4.78, 5) is 20.0. The largest absolute Gasteiger partial charge is 0.462 e. The lowest BCUT2D eigenvalue weighted by Crippen LogP contribution is -2.18. The molecule has 0 aliphatic carbocycles. The fourth-order valence-electron chi connectivity index (χ4n) is 0.619. The minimum atomic E-state index is -0.387. The van der Waals surface area contributed by atoms with Crippen LogP contribution >= 0.6 is 0 Å². The predicted octanol–water partition coefficient (Wildman–Crippen LogP) is 1.77. The van der Waals surface area contributed by atoms with Crippen molar-refractivity contribution < 1.29 is 19.3 Å². The first-order valence-electron chi connectivity index (χ1n) is 4.13. The van der Waals surface area contributed by atoms with Gasteiger partial charge in [0.25, 0.3) is 0 Å². The number of carbonyl (C=O) groups is 1. The molecule has 0 aromatic rings. The highest BCUT2D eigenvalue weighted by Gasteiger charge is 2.28. The Bertz CT molecular complexity index is 241. The molecule has 0 aromatic carbocycles. The summed E-state index contributed by atoms with van der Waals surface area (Å²) in [7, 11) is 0. The Morgan fingerprint density at radius 1 is 1.38 bits per heavy atom. The van der Waals surface area contributed by atoms with Gasteiger partial charge >= 0.3 is 11.9 Å². The quantitative estimate of drug-likeness (QED) is 0.285. The van der Waals surface area contributed by atoms with Crippen LogP contribution < -0.4 is 0 Å². The molecule has 0 atom stereocenters. The first kappa shape index (κ1) is 9.89. The monoisotopic (exact) mass is 186 g/mol. The highest BCUT2D eigenvalue weighted by Crippen LogP contribution is 2.23. The van der Waals surface area contributed by atoms with Crippen LogP contribution in [0.25, 0.3) is 0 Å². The van der Waals surface area contributed by atoms with Gasteiger partial charge in [-0.15, -0.1) is 0 Å². The summed E-state index contributed by atoms with van der Waals surface area (Å²) in [6, 6.07) is 0. The fourth-order valence-corrected chi connectivity index (χ4v) is 0.619. The van der Waals surface area contributed by atoms with Crippen molar-refractivity contribution in [3.63, 3.8) is 0 Å². The Morgan fingerprint density at radius 3 is 2.31 bits per heavy atom. The molecule has 0 spiro atoms. The van der Waals surface area contributed by atoms with Gasteiger partial charge in [0, 0.05) is 0 Å². The topological polar surface area (TPSA) is 51.4 Å². The average Bonchev–Trinajstić information content (AvgIpc) is 2.79. The number of esters is 1. The van der Waals surface area contributed by atoms with Crippen LogP contribution in [0.1, 0.15) is 27.7 Å². The van der Waals surface area contributed by atoms with Crippen LogP contribution in [0.15, 0.2) is 11.5 Å². The highest BCUT2D eigenvalue weighted by atomic mass is 17.4. The maximum absolute atomic E-state index is 11.2. The van der Waals surface area contributed by atoms with Gasteiger partial charge in [0.2, 0.25) is 0 Å². The van der Waals surface area contributed by atoms with E-state index in [-0.39, 0.29) is 17.3 Å². The van der Waals surface area contributed by atoms with E-state index in [0.717, 1.165) is 0 Å². The van der Waals surface area contributed by atoms with Crippen molar-refractivity contribution in [1.82, 2.24) is 0 Å². The number of hydrogen-bond acceptors (Lipinski definition) is 4. The average molecular weight is 186 g/mol. The maximum atomic E-state index is 11.2. The van der Waals surface area contributed by atoms with Crippen molar-refractivity contribution in [2.45, 2.75) is 27.7 Å². The van der Waals surface area contributed by atoms with Gasteiger partial charge in [0.15, 0.2) is 0 Å². The first-order chi connectivity index (χ1) is 5.90. The summed E-state index contributed by atoms with van der Waals surface area (Å²) >= 11 is 0. The first-order valence-corrected chi connectivity index (χ1v) is 4.13. The molecule has 1 aliphatic rings. The summed E-state index contributed by atoms with van der Waals surface area (Å²) in [6.45, 7) is 7.97. The third kappa shape index (κ3) is 3.36. The van der Waals surface area contributed by atoms with Crippen LogP contribution in [-0.2, 0) is 19.3 Å². The molecule has 1 aliphatic heterocycles. The molecule has 1 rings (SSSR count). The van der Waals surface area contributed by atoms with Crippen molar-refractivity contribution in [2.75, 3.05) is 6.61 Å². The Balaban J connectivity index is 2.38. The minimum absolute atomic E-state index is 0.0220. The second-order valence-electron chi connectivity index (χ2n) is 4.22. The molecule has 4 nitrogen and oxygen atoms in total. The molecule has 0 bridgehead atoms. The Hall–Kier alpha value is -1.19. The van der Waals surface area contributed by atoms with Crippen LogP contribution in [0.5, 0.6) is 0 Å². The lowest BCUT2D eigenvalue weighted by atomic mass is 9.99. The molecule has 13 heavy (non-hydrogen) atoms. The molecule has 0 N–H and O–H groups in total. The van der Waals surface area contributed by atoms with E-state index in [9.17, 15) is 4.79 Å². The van der Waals surface area contributed by atoms with Crippen molar-refractivity contribution in [3.8, 4) is 0 Å². The third-order valence-corrected chi connectivity index (χ3v) is 1.42. The van der Waals surface area contributed by atoms with Gasteiger partial charge in [-0.2, -0.15) is 0 Å². The van der Waals surface area contributed by atoms with E-state index in [0.29, 0.717) is 12.2 Å². The van der Waals surface area contributed by atoms with Gasteiger partial charge in [0.1, 0.15) is 5.57 Å². The number of ether oxygens (including phenoxy) is 1. The van der Waals surface area contributed by atoms with Crippen LogP contribution in [-0.4, -0.2) is 12.6 Å². The molecular formula is C9H14O4. The predicted molar refractivity (Wildman–Crippen MR) is 45.3 cm³/mol. The van der Waals surface area contributed by atoms with E-state index in [1.54, 1.807) is 6.92 Å². The van der Waals surface area contributed by atoms with E-state index in [1.807, 2.05) is 20.8 Å². The van der Waals surface area contributed by atoms with Crippen LogP contribution in [0.4, 0.5) is 0 Å². The van der Waals surface area contributed by atoms with Crippen molar-refractivity contribution in [2.24, 2.45) is 5.41 Å². The van der Waals surface area contributed by atoms with Crippen molar-refractivity contribution in [1.29, 1.82) is 0 Å². The van der Waals surface area contributed by atoms with Gasteiger partial charge in [-0.1, -0.05) is 20.8 Å². The molecule has 0 radical (unpaired) electrons. The number of rotatable bonds is 2. The zero-order valence-electron chi connectivity index (χ0n) is 8.34. The van der Waals surface area contributed by atoms with Crippen molar-refractivity contribution in [3.05, 3.63) is 11.5 Å². The van der Waals surface area contributed by atoms with E-state index in [2.05, 4.69) is 9.78 Å². The molecule has 1 saturated heterocycles. The Labute approximate surface area is 77.4 Å². The molecule has 1 fully saturated rings. The normalized spacial score (nSPS) is 14.3. The molecule has 74 valence electrons. The summed E-state index contributed by atoms with van der Waals surface area (Å²) < 4.78 is 5.01. The number of hydrogen-bond donors (Lipinski definition) is 0. The number of carbonyl (C=O) groups excluding carboxylic acids is 1. The smallest absolute Gasteiger partial charge is 0.389 e. The second-order valence-corrected chi connectivity index (χ2v) is 4.22. The standard InChI is InChI=1S/C9H14O4/c1-6(8-12-13-8)7(10)11-5-9(2,3)4/h5H2,1-4H3. The molecule has 0 amide bonds. The lowest BCUT2D eigenvalue weighted by molar-refractivity contribution is -0.141. The van der Waals surface area contributed by atoms with E-state index in [1.165, 1.54) is 0 Å². The van der Waals surface area contributed by atoms with E-state index in [4.69, 9.17) is 4.74 Å². The van der Waals surface area contributed by atoms with Gasteiger partial charge < -0.3 is 4.74 Å². The molecule has 4 heteroatoms. The van der Waals surface area contributed by atoms with Gasteiger partial charge in [0.05, 0.1) is 6.61 Å². The highest BCUT2D eigenvalue weighted by molar-refractivity contribution is 5.88. The Kier molecular flexibility index (Phi) is 2.50. The Morgan fingerprint density at radius 2 is 1.92 bits per heavy atom. The van der Waals surface area contributed by atoms with Crippen LogP contribution in [0.3, 0.4) is 0 Å². The third-order valence-electron chi connectivity index (χ3n) is 1.42. The zero-order chi connectivity index (χ0) is 10.1. The lowest BCUT2D eigenvalue weighted by Gasteiger charge is -2.17. The molecule has 0 aromatic heterocycles. The van der Waals surface area contributed by atoms with Crippen LogP contribution in [0.2, 0.25) is 0 Å². The van der Waals surface area contributed by atoms with Gasteiger partial charge in [-0.3, -0.25) is 0 Å². The SMILES string of the molecule is CC(C(=O)OCC(C)(C)C)=C1OO1. The van der Waals surface area contributed by atoms with E-state index < -0.39 is 0 Å². The summed E-state index contributed by atoms with van der Waals surface area (Å²) in [5.74, 6) is -0.124. The van der Waals surface area contributed by atoms with Crippen molar-refractivity contribution >= 4 is 5.97 Å². The van der Waals surface area contributed by atoms with Gasteiger partial charge in [-0.25, -0.2) is 14.6 Å². The van der Waals surface area contributed by atoms with Crippen LogP contribution in [0, 0.1) is 5.41 Å². The van der Waals surface area contributed by atoms with E-state index >= 15 is 0 Å². The fraction of sp³-hybridized carbons (Fsp3) is 0.667. The molecular weight excluding hydrogens is 172 g/mol. The zero-order valence-corrected chi connectivity index (χ0v) is 8.34. The minimum Gasteiger partial charge on any atom is -0.462 e. The summed E-state index contributed by atoms with van der Waals surface area (Å²) in [6.07, 6.45) is 0. The summed E-state index contributed by atoms with van der Waals surface area (Å²) in [5, 5.41) is 0. The molecule has 0 unspecified atom stereocenters. The van der Waals surface area contributed by atoms with Gasteiger partial charge in [-0.05, 0) is 12.3 Å². The second kappa shape index (κ2) is 3.28.